The van der Waals surface area contributed by atoms with E-state index in [1.54, 1.807) is 0 Å². The number of fused-ring (bicyclic) bond motifs is 2. The van der Waals surface area contributed by atoms with Crippen LogP contribution in [0.15, 0.2) is 69.1 Å². The minimum Gasteiger partial charge on any atom is -0.143 e. The highest BCUT2D eigenvalue weighted by atomic mass is 32.2. The normalized spacial score (nSPS) is 11.4. The summed E-state index contributed by atoms with van der Waals surface area (Å²) in [7, 11) is 0. The van der Waals surface area contributed by atoms with Gasteiger partial charge >= 0.3 is 0 Å². The Bertz CT molecular complexity index is 821. The largest absolute Gasteiger partial charge is 0.143 e. The third-order valence-electron chi connectivity index (χ3n) is 3.06. The number of rotatable bonds is 2. The molecule has 0 atom stereocenters. The van der Waals surface area contributed by atoms with Gasteiger partial charge in [0.25, 0.3) is 0 Å². The van der Waals surface area contributed by atoms with Crippen molar-refractivity contribution >= 4 is 54.6 Å². The summed E-state index contributed by atoms with van der Waals surface area (Å²) in [5.74, 6) is 0. The van der Waals surface area contributed by atoms with Crippen LogP contribution in [0.25, 0.3) is 20.2 Å². The molecule has 0 spiro atoms. The molecule has 0 saturated heterocycles. The smallest absolute Gasteiger partial charge is 0.0659 e. The van der Waals surface area contributed by atoms with Gasteiger partial charge in [0.05, 0.1) is 4.21 Å². The summed E-state index contributed by atoms with van der Waals surface area (Å²) in [6, 6.07) is 19.5. The Balaban J connectivity index is 1.78. The van der Waals surface area contributed by atoms with Gasteiger partial charge in [0.1, 0.15) is 0 Å². The zero-order chi connectivity index (χ0) is 12.7. The fraction of sp³-hybridized carbons (Fsp3) is 0. The van der Waals surface area contributed by atoms with Crippen LogP contribution in [0.2, 0.25) is 0 Å². The minimum absolute atomic E-state index is 1.34. The third kappa shape index (κ3) is 2.08. The van der Waals surface area contributed by atoms with Crippen LogP contribution in [0.1, 0.15) is 0 Å². The van der Waals surface area contributed by atoms with E-state index >= 15 is 0 Å². The van der Waals surface area contributed by atoms with Crippen molar-refractivity contribution in [3.63, 3.8) is 0 Å². The van der Waals surface area contributed by atoms with Gasteiger partial charge in [0.15, 0.2) is 0 Å². The molecule has 0 fully saturated rings. The molecule has 2 aromatic heterocycles. The van der Waals surface area contributed by atoms with Crippen LogP contribution in [0.5, 0.6) is 0 Å². The number of hydrogen-bond donors (Lipinski definition) is 0. The maximum Gasteiger partial charge on any atom is 0.0659 e. The predicted octanol–water partition coefficient (Wildman–Crippen LogP) is 6.27. The van der Waals surface area contributed by atoms with Crippen molar-refractivity contribution in [3.05, 3.63) is 60.0 Å². The van der Waals surface area contributed by atoms with Crippen LogP contribution in [0.3, 0.4) is 0 Å². The summed E-state index contributed by atoms with van der Waals surface area (Å²) in [4.78, 5) is 1.37. The minimum atomic E-state index is 1.34. The van der Waals surface area contributed by atoms with Crippen molar-refractivity contribution in [2.75, 3.05) is 0 Å². The van der Waals surface area contributed by atoms with Crippen molar-refractivity contribution < 1.29 is 0 Å². The van der Waals surface area contributed by atoms with E-state index in [-0.39, 0.29) is 0 Å². The average Bonchev–Trinajstić information content (AvgIpc) is 3.03. The standard InChI is InChI=1S/C16H10S3/c1-3-7-13-11(5-1)9-16(18-13)19-15-10-17-14-8-4-2-6-12(14)15/h1-10H. The third-order valence-corrected chi connectivity index (χ3v) is 6.46. The molecule has 0 bridgehead atoms. The summed E-state index contributed by atoms with van der Waals surface area (Å²) in [5.41, 5.74) is 0. The topological polar surface area (TPSA) is 0 Å². The summed E-state index contributed by atoms with van der Waals surface area (Å²) >= 11 is 5.57. The van der Waals surface area contributed by atoms with Gasteiger partial charge in [-0.3, -0.25) is 0 Å². The molecule has 0 N–H and O–H groups in total. The van der Waals surface area contributed by atoms with E-state index in [0.717, 1.165) is 0 Å². The summed E-state index contributed by atoms with van der Waals surface area (Å²) in [5, 5.41) is 4.98. The monoisotopic (exact) mass is 298 g/mol. The molecule has 0 aliphatic heterocycles. The lowest BCUT2D eigenvalue weighted by atomic mass is 10.3. The van der Waals surface area contributed by atoms with Crippen LogP contribution >= 0.6 is 34.4 Å². The van der Waals surface area contributed by atoms with Crippen molar-refractivity contribution in [2.24, 2.45) is 0 Å². The molecule has 92 valence electrons. The molecule has 0 aliphatic carbocycles. The SMILES string of the molecule is c1ccc2sc(Sc3csc4ccccc34)cc2c1. The van der Waals surface area contributed by atoms with Gasteiger partial charge in [-0.1, -0.05) is 48.2 Å². The lowest BCUT2D eigenvalue weighted by Crippen LogP contribution is -1.66. The fourth-order valence-corrected chi connectivity index (χ4v) is 5.56. The maximum absolute atomic E-state index is 2.29. The van der Waals surface area contributed by atoms with Gasteiger partial charge in [0.2, 0.25) is 0 Å². The van der Waals surface area contributed by atoms with Crippen LogP contribution in [0.4, 0.5) is 0 Å². The second-order valence-electron chi connectivity index (χ2n) is 4.30. The zero-order valence-corrected chi connectivity index (χ0v) is 12.4. The molecular weight excluding hydrogens is 288 g/mol. The molecule has 0 radical (unpaired) electrons. The lowest BCUT2D eigenvalue weighted by molar-refractivity contribution is 1.63. The Kier molecular flexibility index (Phi) is 2.84. The van der Waals surface area contributed by atoms with Crippen LogP contribution in [0, 0.1) is 0 Å². The number of hydrogen-bond acceptors (Lipinski definition) is 3. The molecule has 4 rings (SSSR count). The summed E-state index contributed by atoms with van der Waals surface area (Å²) < 4.78 is 4.10. The van der Waals surface area contributed by atoms with Gasteiger partial charge in [-0.15, -0.1) is 22.7 Å². The maximum atomic E-state index is 2.29. The van der Waals surface area contributed by atoms with Crippen LogP contribution in [-0.2, 0) is 0 Å². The Morgan fingerprint density at radius 2 is 1.63 bits per heavy atom. The highest BCUT2D eigenvalue weighted by Crippen LogP contribution is 2.41. The highest BCUT2D eigenvalue weighted by Gasteiger charge is 2.07. The van der Waals surface area contributed by atoms with Gasteiger partial charge in [-0.2, -0.15) is 0 Å². The zero-order valence-electron chi connectivity index (χ0n) is 10.00. The molecule has 0 nitrogen and oxygen atoms in total. The van der Waals surface area contributed by atoms with E-state index < -0.39 is 0 Å². The van der Waals surface area contributed by atoms with E-state index in [1.165, 1.54) is 29.3 Å². The second-order valence-corrected chi connectivity index (χ2v) is 7.64. The first-order valence-electron chi connectivity index (χ1n) is 6.03. The van der Waals surface area contributed by atoms with E-state index in [4.69, 9.17) is 0 Å². The summed E-state index contributed by atoms with van der Waals surface area (Å²) in [6.07, 6.45) is 0. The highest BCUT2D eigenvalue weighted by molar-refractivity contribution is 8.01. The quantitative estimate of drug-likeness (QED) is 0.420. The molecule has 19 heavy (non-hydrogen) atoms. The van der Waals surface area contributed by atoms with Crippen molar-refractivity contribution in [1.82, 2.24) is 0 Å². The Hall–Kier alpha value is -1.29. The lowest BCUT2D eigenvalue weighted by Gasteiger charge is -1.95. The van der Waals surface area contributed by atoms with Crippen LogP contribution < -0.4 is 0 Å². The fourth-order valence-electron chi connectivity index (χ4n) is 2.15. The Labute approximate surface area is 123 Å². The molecule has 2 aromatic carbocycles. The van der Waals surface area contributed by atoms with Gasteiger partial charge < -0.3 is 0 Å². The first-order chi connectivity index (χ1) is 9.40. The Morgan fingerprint density at radius 1 is 0.842 bits per heavy atom. The first-order valence-corrected chi connectivity index (χ1v) is 8.54. The van der Waals surface area contributed by atoms with Crippen molar-refractivity contribution in [2.45, 2.75) is 9.10 Å². The van der Waals surface area contributed by atoms with E-state index in [2.05, 4.69) is 60.0 Å². The van der Waals surface area contributed by atoms with Crippen LogP contribution in [-0.4, -0.2) is 0 Å². The molecule has 0 saturated carbocycles. The van der Waals surface area contributed by atoms with Crippen molar-refractivity contribution in [1.29, 1.82) is 0 Å². The molecule has 0 amide bonds. The predicted molar refractivity (Wildman–Crippen MR) is 87.8 cm³/mol. The second kappa shape index (κ2) is 4.67. The number of benzene rings is 2. The van der Waals surface area contributed by atoms with E-state index in [1.807, 2.05) is 34.4 Å². The van der Waals surface area contributed by atoms with Gasteiger partial charge in [-0.05, 0) is 23.6 Å². The molecule has 4 aromatic rings. The molecular formula is C16H10S3. The average molecular weight is 298 g/mol. The van der Waals surface area contributed by atoms with Crippen molar-refractivity contribution in [3.8, 4) is 0 Å². The van der Waals surface area contributed by atoms with E-state index in [9.17, 15) is 0 Å². The van der Waals surface area contributed by atoms with E-state index in [0.29, 0.717) is 0 Å². The number of thiophene rings is 2. The van der Waals surface area contributed by atoms with Gasteiger partial charge in [-0.25, -0.2) is 0 Å². The van der Waals surface area contributed by atoms with Gasteiger partial charge in [0, 0.05) is 25.1 Å². The molecule has 0 aliphatic rings. The first kappa shape index (κ1) is 11.5. The summed E-state index contributed by atoms with van der Waals surface area (Å²) in [6.45, 7) is 0. The Morgan fingerprint density at radius 3 is 2.53 bits per heavy atom. The molecule has 2 heterocycles. The molecule has 0 unspecified atom stereocenters. The molecule has 3 heteroatoms.